The number of nitrogens with one attached hydrogen (secondary N) is 2. The zero-order chi connectivity index (χ0) is 17.6. The molecular formula is C17H19N3O3S. The van der Waals surface area contributed by atoms with Gasteiger partial charge in [0.1, 0.15) is 0 Å². The molecule has 2 aromatic rings. The van der Waals surface area contributed by atoms with E-state index in [4.69, 9.17) is 0 Å². The number of hydrazone groups is 1. The van der Waals surface area contributed by atoms with E-state index in [-0.39, 0.29) is 12.3 Å². The third-order valence-electron chi connectivity index (χ3n) is 3.16. The minimum absolute atomic E-state index is 0.198. The monoisotopic (exact) mass is 345 g/mol. The predicted molar refractivity (Wildman–Crippen MR) is 95.4 cm³/mol. The summed E-state index contributed by atoms with van der Waals surface area (Å²) in [5.74, 6) is -0.198. The maximum atomic E-state index is 11.9. The number of benzene rings is 2. The van der Waals surface area contributed by atoms with Gasteiger partial charge in [-0.2, -0.15) is 5.10 Å². The van der Waals surface area contributed by atoms with Crippen LogP contribution in [0.3, 0.4) is 0 Å². The summed E-state index contributed by atoms with van der Waals surface area (Å²) in [4.78, 5) is 11.9. The summed E-state index contributed by atoms with van der Waals surface area (Å²) >= 11 is 0. The van der Waals surface area contributed by atoms with Gasteiger partial charge >= 0.3 is 0 Å². The van der Waals surface area contributed by atoms with Crippen molar-refractivity contribution >= 4 is 27.3 Å². The molecule has 0 aliphatic carbocycles. The number of rotatable bonds is 6. The molecule has 0 aliphatic rings. The van der Waals surface area contributed by atoms with Crippen molar-refractivity contribution in [3.05, 3.63) is 65.7 Å². The molecule has 0 atom stereocenters. The number of hydrogen-bond acceptors (Lipinski definition) is 4. The van der Waals surface area contributed by atoms with Gasteiger partial charge in [-0.1, -0.05) is 42.5 Å². The van der Waals surface area contributed by atoms with Crippen LogP contribution < -0.4 is 10.1 Å². The van der Waals surface area contributed by atoms with Crippen LogP contribution in [-0.4, -0.2) is 26.3 Å². The molecule has 0 aromatic heterocycles. The Morgan fingerprint density at radius 1 is 1.04 bits per heavy atom. The maximum Gasteiger partial charge on any atom is 0.244 e. The molecule has 6 nitrogen and oxygen atoms in total. The molecule has 126 valence electrons. The standard InChI is InChI=1S/C17H19N3O3S/c1-13(15-8-10-16(11-9-15)20-24(2,22)23)18-19-17(21)12-14-6-4-3-5-7-14/h3-11,20H,12H2,1-2H3,(H,19,21)/b18-13+. The first-order valence-corrected chi connectivity index (χ1v) is 9.18. The quantitative estimate of drug-likeness (QED) is 0.621. The molecule has 2 aromatic carbocycles. The van der Waals surface area contributed by atoms with Crippen LogP contribution in [0.2, 0.25) is 0 Å². The van der Waals surface area contributed by atoms with Crippen LogP contribution in [-0.2, 0) is 21.2 Å². The highest BCUT2D eigenvalue weighted by Gasteiger charge is 2.04. The molecule has 0 saturated heterocycles. The average molecular weight is 345 g/mol. The van der Waals surface area contributed by atoms with Crippen molar-refractivity contribution in [1.82, 2.24) is 5.43 Å². The molecular weight excluding hydrogens is 326 g/mol. The van der Waals surface area contributed by atoms with Gasteiger partial charge in [0.25, 0.3) is 0 Å². The van der Waals surface area contributed by atoms with E-state index < -0.39 is 10.0 Å². The van der Waals surface area contributed by atoms with Gasteiger partial charge in [-0.25, -0.2) is 13.8 Å². The number of sulfonamides is 1. The van der Waals surface area contributed by atoms with Gasteiger partial charge in [-0.05, 0) is 30.2 Å². The van der Waals surface area contributed by atoms with Gasteiger partial charge in [0.2, 0.25) is 15.9 Å². The fourth-order valence-corrected chi connectivity index (χ4v) is 2.59. The number of carbonyl (C=O) groups is 1. The smallest absolute Gasteiger partial charge is 0.244 e. The molecule has 0 saturated carbocycles. The first-order chi connectivity index (χ1) is 11.3. The first-order valence-electron chi connectivity index (χ1n) is 7.29. The lowest BCUT2D eigenvalue weighted by atomic mass is 10.1. The highest BCUT2D eigenvalue weighted by atomic mass is 32.2. The fourth-order valence-electron chi connectivity index (χ4n) is 2.03. The Morgan fingerprint density at radius 2 is 1.67 bits per heavy atom. The van der Waals surface area contributed by atoms with Crippen molar-refractivity contribution in [2.75, 3.05) is 11.0 Å². The van der Waals surface area contributed by atoms with Gasteiger partial charge in [0.15, 0.2) is 0 Å². The van der Waals surface area contributed by atoms with E-state index in [1.807, 2.05) is 30.3 Å². The van der Waals surface area contributed by atoms with Gasteiger partial charge in [0, 0.05) is 5.69 Å². The fraction of sp³-hybridized carbons (Fsp3) is 0.176. The summed E-state index contributed by atoms with van der Waals surface area (Å²) in [6, 6.07) is 16.2. The summed E-state index contributed by atoms with van der Waals surface area (Å²) < 4.78 is 24.7. The van der Waals surface area contributed by atoms with Crippen LogP contribution in [0, 0.1) is 0 Å². The zero-order valence-electron chi connectivity index (χ0n) is 13.5. The van der Waals surface area contributed by atoms with Crippen molar-refractivity contribution in [3.63, 3.8) is 0 Å². The molecule has 0 heterocycles. The molecule has 0 fully saturated rings. The molecule has 1 amide bonds. The Labute approximate surface area is 141 Å². The molecule has 7 heteroatoms. The van der Waals surface area contributed by atoms with Crippen LogP contribution in [0.25, 0.3) is 0 Å². The van der Waals surface area contributed by atoms with Crippen molar-refractivity contribution < 1.29 is 13.2 Å². The van der Waals surface area contributed by atoms with E-state index >= 15 is 0 Å². The number of hydrogen-bond donors (Lipinski definition) is 2. The van der Waals surface area contributed by atoms with Gasteiger partial charge in [-0.15, -0.1) is 0 Å². The SMILES string of the molecule is C/C(=N\NC(=O)Cc1ccccc1)c1ccc(NS(C)(=O)=O)cc1. The Balaban J connectivity index is 1.96. The minimum atomic E-state index is -3.30. The number of amides is 1. The van der Waals surface area contributed by atoms with Gasteiger partial charge in [0.05, 0.1) is 18.4 Å². The molecule has 0 unspecified atom stereocenters. The second-order valence-electron chi connectivity index (χ2n) is 5.35. The van der Waals surface area contributed by atoms with Crippen molar-refractivity contribution in [2.45, 2.75) is 13.3 Å². The second kappa shape index (κ2) is 7.74. The molecule has 2 rings (SSSR count). The minimum Gasteiger partial charge on any atom is -0.284 e. The van der Waals surface area contributed by atoms with Crippen LogP contribution in [0.1, 0.15) is 18.1 Å². The largest absolute Gasteiger partial charge is 0.284 e. The van der Waals surface area contributed by atoms with Crippen LogP contribution in [0.5, 0.6) is 0 Å². The van der Waals surface area contributed by atoms with Crippen molar-refractivity contribution in [2.24, 2.45) is 5.10 Å². The van der Waals surface area contributed by atoms with E-state index in [0.717, 1.165) is 17.4 Å². The number of nitrogens with zero attached hydrogens (tertiary/aromatic N) is 1. The summed E-state index contributed by atoms with van der Waals surface area (Å²) in [6.45, 7) is 1.77. The first kappa shape index (κ1) is 17.7. The van der Waals surface area contributed by atoms with E-state index in [1.165, 1.54) is 0 Å². The van der Waals surface area contributed by atoms with E-state index in [9.17, 15) is 13.2 Å². The summed E-state index contributed by atoms with van der Waals surface area (Å²) in [5.41, 5.74) is 5.32. The summed E-state index contributed by atoms with van der Waals surface area (Å²) in [6.07, 6.45) is 1.35. The lowest BCUT2D eigenvalue weighted by molar-refractivity contribution is -0.120. The maximum absolute atomic E-state index is 11.9. The third kappa shape index (κ3) is 5.85. The van der Waals surface area contributed by atoms with Gasteiger partial charge < -0.3 is 0 Å². The Morgan fingerprint density at radius 3 is 2.25 bits per heavy atom. The average Bonchev–Trinajstić information content (AvgIpc) is 2.53. The van der Waals surface area contributed by atoms with E-state index in [2.05, 4.69) is 15.2 Å². The number of carbonyl (C=O) groups excluding carboxylic acids is 1. The summed E-state index contributed by atoms with van der Waals surface area (Å²) in [5, 5.41) is 4.07. The molecule has 0 aliphatic heterocycles. The van der Waals surface area contributed by atoms with Crippen molar-refractivity contribution in [3.8, 4) is 0 Å². The molecule has 24 heavy (non-hydrogen) atoms. The highest BCUT2D eigenvalue weighted by molar-refractivity contribution is 7.92. The van der Waals surface area contributed by atoms with E-state index in [0.29, 0.717) is 11.4 Å². The van der Waals surface area contributed by atoms with Gasteiger partial charge in [-0.3, -0.25) is 9.52 Å². The second-order valence-corrected chi connectivity index (χ2v) is 7.09. The molecule has 0 radical (unpaired) electrons. The lowest BCUT2D eigenvalue weighted by Gasteiger charge is -2.06. The van der Waals surface area contributed by atoms with Crippen LogP contribution in [0.15, 0.2) is 59.7 Å². The molecule has 0 bridgehead atoms. The molecule has 0 spiro atoms. The Kier molecular flexibility index (Phi) is 5.70. The highest BCUT2D eigenvalue weighted by Crippen LogP contribution is 2.11. The zero-order valence-corrected chi connectivity index (χ0v) is 14.3. The van der Waals surface area contributed by atoms with E-state index in [1.54, 1.807) is 31.2 Å². The number of anilines is 1. The predicted octanol–water partition coefficient (Wildman–Crippen LogP) is 2.14. The summed E-state index contributed by atoms with van der Waals surface area (Å²) in [7, 11) is -3.30. The topological polar surface area (TPSA) is 87.6 Å². The van der Waals surface area contributed by atoms with Crippen molar-refractivity contribution in [1.29, 1.82) is 0 Å². The Bertz CT molecular complexity index is 829. The normalized spacial score (nSPS) is 11.8. The molecule has 2 N–H and O–H groups in total. The lowest BCUT2D eigenvalue weighted by Crippen LogP contribution is -2.21. The third-order valence-corrected chi connectivity index (χ3v) is 3.77. The Hall–Kier alpha value is -2.67. The van der Waals surface area contributed by atoms with Crippen LogP contribution in [0.4, 0.5) is 5.69 Å². The van der Waals surface area contributed by atoms with Crippen LogP contribution >= 0.6 is 0 Å².